The third kappa shape index (κ3) is 1.92. The Hall–Kier alpha value is -1.38. The fourth-order valence-electron chi connectivity index (χ4n) is 1.36. The van der Waals surface area contributed by atoms with Gasteiger partial charge in [-0.05, 0) is 36.1 Å². The van der Waals surface area contributed by atoms with Gasteiger partial charge in [0, 0.05) is 0 Å². The summed E-state index contributed by atoms with van der Waals surface area (Å²) in [6.45, 7) is 5.26. The summed E-state index contributed by atoms with van der Waals surface area (Å²) in [5, 5.41) is 8.84. The lowest BCUT2D eigenvalue weighted by Crippen LogP contribution is -2.04. The molecule has 1 N–H and O–H groups in total. The Kier molecular flexibility index (Phi) is 2.89. The van der Waals surface area contributed by atoms with E-state index < -0.39 is 5.97 Å². The van der Waals surface area contributed by atoms with E-state index in [0.717, 1.165) is 0 Å². The topological polar surface area (TPSA) is 37.3 Å². The van der Waals surface area contributed by atoms with Crippen molar-refractivity contribution in [3.63, 3.8) is 0 Å². The molecule has 2 nitrogen and oxygen atoms in total. The molecule has 0 atom stereocenters. The second-order valence-electron chi connectivity index (χ2n) is 3.65. The standard InChI is InChI=1S/C11H13FO2/c1-6(2)8-5-9(11(13)14)7(3)4-10(8)12/h4-6H,1-3H3,(H,13,14). The molecule has 0 aromatic heterocycles. The minimum absolute atomic E-state index is 0.00583. The highest BCUT2D eigenvalue weighted by Gasteiger charge is 2.13. The average Bonchev–Trinajstić information content (AvgIpc) is 2.02. The van der Waals surface area contributed by atoms with Gasteiger partial charge in [0.2, 0.25) is 0 Å². The predicted octanol–water partition coefficient (Wildman–Crippen LogP) is 2.96. The molecule has 0 bridgehead atoms. The van der Waals surface area contributed by atoms with Gasteiger partial charge in [-0.1, -0.05) is 13.8 Å². The summed E-state index contributed by atoms with van der Waals surface area (Å²) in [5.74, 6) is -1.35. The molecule has 1 rings (SSSR count). The second-order valence-corrected chi connectivity index (χ2v) is 3.65. The molecule has 76 valence electrons. The van der Waals surface area contributed by atoms with E-state index >= 15 is 0 Å². The Balaban J connectivity index is 3.34. The molecular weight excluding hydrogens is 183 g/mol. The van der Waals surface area contributed by atoms with E-state index in [4.69, 9.17) is 5.11 Å². The maximum absolute atomic E-state index is 13.4. The quantitative estimate of drug-likeness (QED) is 0.789. The van der Waals surface area contributed by atoms with Crippen LogP contribution in [0, 0.1) is 12.7 Å². The highest BCUT2D eigenvalue weighted by atomic mass is 19.1. The van der Waals surface area contributed by atoms with Crippen LogP contribution in [0.3, 0.4) is 0 Å². The number of aryl methyl sites for hydroxylation is 1. The first-order valence-electron chi connectivity index (χ1n) is 4.46. The van der Waals surface area contributed by atoms with Gasteiger partial charge in [-0.25, -0.2) is 9.18 Å². The molecule has 1 aromatic carbocycles. The molecule has 0 radical (unpaired) electrons. The van der Waals surface area contributed by atoms with Crippen LogP contribution < -0.4 is 0 Å². The minimum Gasteiger partial charge on any atom is -0.478 e. The smallest absolute Gasteiger partial charge is 0.335 e. The zero-order valence-electron chi connectivity index (χ0n) is 8.47. The molecule has 0 saturated heterocycles. The van der Waals surface area contributed by atoms with Gasteiger partial charge in [0.05, 0.1) is 5.56 Å². The van der Waals surface area contributed by atoms with Crippen LogP contribution in [-0.4, -0.2) is 11.1 Å². The fourth-order valence-corrected chi connectivity index (χ4v) is 1.36. The highest BCUT2D eigenvalue weighted by Crippen LogP contribution is 2.22. The largest absolute Gasteiger partial charge is 0.478 e. The van der Waals surface area contributed by atoms with E-state index in [9.17, 15) is 9.18 Å². The predicted molar refractivity (Wildman–Crippen MR) is 52.2 cm³/mol. The normalized spacial score (nSPS) is 10.6. The number of rotatable bonds is 2. The number of aromatic carboxylic acids is 1. The van der Waals surface area contributed by atoms with Crippen molar-refractivity contribution in [2.75, 3.05) is 0 Å². The van der Waals surface area contributed by atoms with Gasteiger partial charge < -0.3 is 5.11 Å². The molecule has 0 aliphatic heterocycles. The van der Waals surface area contributed by atoms with Gasteiger partial charge in [-0.2, -0.15) is 0 Å². The molecule has 0 fully saturated rings. The van der Waals surface area contributed by atoms with Crippen molar-refractivity contribution in [3.8, 4) is 0 Å². The van der Waals surface area contributed by atoms with Crippen LogP contribution in [-0.2, 0) is 0 Å². The van der Waals surface area contributed by atoms with Crippen molar-refractivity contribution in [1.29, 1.82) is 0 Å². The van der Waals surface area contributed by atoms with Gasteiger partial charge in [0.15, 0.2) is 0 Å². The lowest BCUT2D eigenvalue weighted by molar-refractivity contribution is 0.0696. The van der Waals surface area contributed by atoms with Gasteiger partial charge in [-0.3, -0.25) is 0 Å². The van der Waals surface area contributed by atoms with Crippen LogP contribution in [0.25, 0.3) is 0 Å². The zero-order valence-corrected chi connectivity index (χ0v) is 8.47. The molecule has 1 aromatic rings. The van der Waals surface area contributed by atoms with Crippen molar-refractivity contribution in [2.24, 2.45) is 0 Å². The number of hydrogen-bond donors (Lipinski definition) is 1. The van der Waals surface area contributed by atoms with Gasteiger partial charge in [0.25, 0.3) is 0 Å². The third-order valence-electron chi connectivity index (χ3n) is 2.20. The summed E-state index contributed by atoms with van der Waals surface area (Å²) in [6.07, 6.45) is 0. The average molecular weight is 196 g/mol. The van der Waals surface area contributed by atoms with Crippen molar-refractivity contribution in [1.82, 2.24) is 0 Å². The number of carboxylic acid groups (broad SMARTS) is 1. The van der Waals surface area contributed by atoms with Crippen LogP contribution in [0.1, 0.15) is 41.3 Å². The second kappa shape index (κ2) is 3.78. The van der Waals surface area contributed by atoms with E-state index in [0.29, 0.717) is 11.1 Å². The summed E-state index contributed by atoms with van der Waals surface area (Å²) in [6, 6.07) is 2.69. The lowest BCUT2D eigenvalue weighted by atomic mass is 9.97. The van der Waals surface area contributed by atoms with Gasteiger partial charge >= 0.3 is 5.97 Å². The number of carbonyl (C=O) groups is 1. The minimum atomic E-state index is -1.01. The van der Waals surface area contributed by atoms with E-state index in [-0.39, 0.29) is 17.3 Å². The Labute approximate surface area is 82.4 Å². The van der Waals surface area contributed by atoms with E-state index in [1.807, 2.05) is 13.8 Å². The molecular formula is C11H13FO2. The highest BCUT2D eigenvalue weighted by molar-refractivity contribution is 5.89. The van der Waals surface area contributed by atoms with Crippen LogP contribution >= 0.6 is 0 Å². The third-order valence-corrected chi connectivity index (χ3v) is 2.20. The van der Waals surface area contributed by atoms with Gasteiger partial charge in [-0.15, -0.1) is 0 Å². The molecule has 0 aliphatic carbocycles. The summed E-state index contributed by atoms with van der Waals surface area (Å²) in [7, 11) is 0. The molecule has 0 heterocycles. The Morgan fingerprint density at radius 2 is 2.00 bits per heavy atom. The first-order chi connectivity index (χ1) is 6.43. The Bertz CT molecular complexity index is 370. The van der Waals surface area contributed by atoms with Crippen molar-refractivity contribution >= 4 is 5.97 Å². The van der Waals surface area contributed by atoms with E-state index in [1.54, 1.807) is 6.92 Å². The molecule has 0 amide bonds. The fraction of sp³-hybridized carbons (Fsp3) is 0.364. The summed E-state index contributed by atoms with van der Waals surface area (Å²) in [4.78, 5) is 10.8. The first kappa shape index (κ1) is 10.7. The van der Waals surface area contributed by atoms with Crippen molar-refractivity contribution in [3.05, 3.63) is 34.6 Å². The van der Waals surface area contributed by atoms with Crippen LogP contribution in [0.5, 0.6) is 0 Å². The van der Waals surface area contributed by atoms with Crippen molar-refractivity contribution < 1.29 is 14.3 Å². The molecule has 0 unspecified atom stereocenters. The number of halogens is 1. The number of hydrogen-bond acceptors (Lipinski definition) is 1. The monoisotopic (exact) mass is 196 g/mol. The summed E-state index contributed by atoms with van der Waals surface area (Å²) < 4.78 is 13.4. The van der Waals surface area contributed by atoms with E-state index in [2.05, 4.69) is 0 Å². The maximum Gasteiger partial charge on any atom is 0.335 e. The zero-order chi connectivity index (χ0) is 10.9. The lowest BCUT2D eigenvalue weighted by Gasteiger charge is -2.10. The molecule has 0 saturated carbocycles. The van der Waals surface area contributed by atoms with Crippen LogP contribution in [0.4, 0.5) is 4.39 Å². The molecule has 14 heavy (non-hydrogen) atoms. The van der Waals surface area contributed by atoms with Crippen LogP contribution in [0.15, 0.2) is 12.1 Å². The molecule has 0 aliphatic rings. The number of benzene rings is 1. The van der Waals surface area contributed by atoms with Gasteiger partial charge in [0.1, 0.15) is 5.82 Å². The Morgan fingerprint density at radius 1 is 1.43 bits per heavy atom. The number of carboxylic acids is 1. The van der Waals surface area contributed by atoms with Crippen LogP contribution in [0.2, 0.25) is 0 Å². The Morgan fingerprint density at radius 3 is 2.43 bits per heavy atom. The first-order valence-corrected chi connectivity index (χ1v) is 4.46. The maximum atomic E-state index is 13.4. The summed E-state index contributed by atoms with van der Waals surface area (Å²) >= 11 is 0. The summed E-state index contributed by atoms with van der Waals surface area (Å²) in [5.41, 5.74) is 1.09. The molecule has 3 heteroatoms. The SMILES string of the molecule is Cc1cc(F)c(C(C)C)cc1C(=O)O. The molecule has 0 spiro atoms. The van der Waals surface area contributed by atoms with Crippen molar-refractivity contribution in [2.45, 2.75) is 26.7 Å². The van der Waals surface area contributed by atoms with E-state index in [1.165, 1.54) is 12.1 Å².